The van der Waals surface area contributed by atoms with Crippen LogP contribution in [0.15, 0.2) is 22.1 Å². The van der Waals surface area contributed by atoms with Gasteiger partial charge in [-0.2, -0.15) is 0 Å². The fraction of sp³-hybridized carbons (Fsp3) is 0.615. The van der Waals surface area contributed by atoms with Crippen molar-refractivity contribution < 1.29 is 4.79 Å². The molecule has 2 N–H and O–H groups in total. The van der Waals surface area contributed by atoms with Crippen molar-refractivity contribution in [3.05, 3.63) is 22.1 Å². The Morgan fingerprint density at radius 1 is 1.38 bits per heavy atom. The van der Waals surface area contributed by atoms with Crippen molar-refractivity contribution in [1.82, 2.24) is 0 Å². The van der Waals surface area contributed by atoms with Crippen molar-refractivity contribution in [2.45, 2.75) is 32.1 Å². The summed E-state index contributed by atoms with van der Waals surface area (Å²) in [7, 11) is 0. The molecule has 0 radical (unpaired) electrons. The van der Waals surface area contributed by atoms with Crippen LogP contribution >= 0.6 is 11.8 Å². The molecule has 0 aromatic heterocycles. The highest BCUT2D eigenvalue weighted by atomic mass is 32.2. The molecule has 16 heavy (non-hydrogen) atoms. The molecule has 1 heterocycles. The Hall–Kier alpha value is -0.700. The monoisotopic (exact) mass is 235 g/mol. The second-order valence-electron chi connectivity index (χ2n) is 4.96. The third-order valence-corrected chi connectivity index (χ3v) is 5.29. The lowest BCUT2D eigenvalue weighted by atomic mass is 9.72. The summed E-state index contributed by atoms with van der Waals surface area (Å²) in [5, 5.41) is 0. The van der Waals surface area contributed by atoms with Gasteiger partial charge in [0.15, 0.2) is 0 Å². The van der Waals surface area contributed by atoms with Crippen LogP contribution in [0.5, 0.6) is 0 Å². The van der Waals surface area contributed by atoms with Crippen LogP contribution < -0.4 is 5.73 Å². The number of carbonyl (C=O) groups is 1. The first-order valence-electron chi connectivity index (χ1n) is 6.14. The van der Waals surface area contributed by atoms with Gasteiger partial charge in [-0.1, -0.05) is 6.08 Å². The first kappa shape index (κ1) is 10.5. The SMILES string of the molecule is NC(=O)C1=C2SCCC2CC2CCCC=C12. The van der Waals surface area contributed by atoms with Crippen molar-refractivity contribution >= 4 is 17.7 Å². The molecule has 1 amide bonds. The first-order chi connectivity index (χ1) is 7.77. The van der Waals surface area contributed by atoms with Crippen molar-refractivity contribution in [3.8, 4) is 0 Å². The fourth-order valence-electron chi connectivity index (χ4n) is 3.31. The lowest BCUT2D eigenvalue weighted by Crippen LogP contribution is -2.28. The molecule has 3 heteroatoms. The Morgan fingerprint density at radius 2 is 2.25 bits per heavy atom. The van der Waals surface area contributed by atoms with Crippen molar-refractivity contribution in [2.75, 3.05) is 5.75 Å². The summed E-state index contributed by atoms with van der Waals surface area (Å²) in [5.74, 6) is 2.21. The second-order valence-corrected chi connectivity index (χ2v) is 6.10. The van der Waals surface area contributed by atoms with Gasteiger partial charge in [-0.15, -0.1) is 11.8 Å². The van der Waals surface area contributed by atoms with Gasteiger partial charge in [0.25, 0.3) is 0 Å². The molecule has 1 fully saturated rings. The molecule has 2 aliphatic carbocycles. The average Bonchev–Trinajstić information content (AvgIpc) is 2.72. The Labute approximate surface area is 100 Å². The molecule has 0 spiro atoms. The normalized spacial score (nSPS) is 33.1. The minimum absolute atomic E-state index is 0.202. The van der Waals surface area contributed by atoms with E-state index in [0.717, 1.165) is 17.7 Å². The third kappa shape index (κ3) is 1.53. The number of rotatable bonds is 1. The van der Waals surface area contributed by atoms with Gasteiger partial charge in [-0.25, -0.2) is 0 Å². The van der Waals surface area contributed by atoms with Crippen LogP contribution in [-0.2, 0) is 4.79 Å². The Balaban J connectivity index is 2.10. The lowest BCUT2D eigenvalue weighted by Gasteiger charge is -2.33. The first-order valence-corrected chi connectivity index (χ1v) is 7.13. The number of hydrogen-bond acceptors (Lipinski definition) is 2. The fourth-order valence-corrected chi connectivity index (χ4v) is 4.74. The molecule has 0 saturated carbocycles. The maximum Gasteiger partial charge on any atom is 0.249 e. The third-order valence-electron chi connectivity index (χ3n) is 4.01. The van der Waals surface area contributed by atoms with Crippen molar-refractivity contribution in [2.24, 2.45) is 17.6 Å². The van der Waals surface area contributed by atoms with Crippen LogP contribution in [0.3, 0.4) is 0 Å². The largest absolute Gasteiger partial charge is 0.366 e. The zero-order valence-electron chi connectivity index (χ0n) is 9.37. The van der Waals surface area contributed by atoms with Crippen LogP contribution in [0.25, 0.3) is 0 Å². The second kappa shape index (κ2) is 3.95. The lowest BCUT2D eigenvalue weighted by molar-refractivity contribution is -0.114. The molecule has 1 aliphatic heterocycles. The number of amides is 1. The zero-order chi connectivity index (χ0) is 11.1. The highest BCUT2D eigenvalue weighted by Crippen LogP contribution is 2.51. The number of allylic oxidation sites excluding steroid dienone is 2. The maximum atomic E-state index is 11.7. The van der Waals surface area contributed by atoms with Gasteiger partial charge in [0.05, 0.1) is 5.57 Å². The van der Waals surface area contributed by atoms with E-state index in [2.05, 4.69) is 6.08 Å². The van der Waals surface area contributed by atoms with E-state index in [0.29, 0.717) is 11.8 Å². The maximum absolute atomic E-state index is 11.7. The molecule has 3 rings (SSSR count). The van der Waals surface area contributed by atoms with Crippen LogP contribution in [-0.4, -0.2) is 11.7 Å². The highest BCUT2D eigenvalue weighted by Gasteiger charge is 2.38. The molecule has 2 nitrogen and oxygen atoms in total. The number of carbonyl (C=O) groups excluding carboxylic acids is 1. The quantitative estimate of drug-likeness (QED) is 0.759. The topological polar surface area (TPSA) is 43.1 Å². The highest BCUT2D eigenvalue weighted by molar-refractivity contribution is 8.03. The van der Waals surface area contributed by atoms with E-state index in [9.17, 15) is 4.79 Å². The van der Waals surface area contributed by atoms with E-state index in [1.165, 1.54) is 36.2 Å². The summed E-state index contributed by atoms with van der Waals surface area (Å²) >= 11 is 1.86. The minimum Gasteiger partial charge on any atom is -0.366 e. The number of hydrogen-bond donors (Lipinski definition) is 1. The molecule has 2 unspecified atom stereocenters. The molecule has 0 aromatic rings. The van der Waals surface area contributed by atoms with Crippen LogP contribution in [0.1, 0.15) is 32.1 Å². The van der Waals surface area contributed by atoms with E-state index in [4.69, 9.17) is 5.73 Å². The minimum atomic E-state index is -0.202. The van der Waals surface area contributed by atoms with E-state index >= 15 is 0 Å². The molecule has 2 atom stereocenters. The summed E-state index contributed by atoms with van der Waals surface area (Å²) in [6.45, 7) is 0. The smallest absolute Gasteiger partial charge is 0.249 e. The molecular formula is C13H17NOS. The molecule has 0 aromatic carbocycles. The molecule has 0 bridgehead atoms. The van der Waals surface area contributed by atoms with Gasteiger partial charge in [0, 0.05) is 4.91 Å². The number of fused-ring (bicyclic) bond motifs is 2. The zero-order valence-corrected chi connectivity index (χ0v) is 10.2. The predicted molar refractivity (Wildman–Crippen MR) is 66.8 cm³/mol. The summed E-state index contributed by atoms with van der Waals surface area (Å²) < 4.78 is 0. The van der Waals surface area contributed by atoms with Crippen LogP contribution in [0.4, 0.5) is 0 Å². The van der Waals surface area contributed by atoms with Crippen LogP contribution in [0.2, 0.25) is 0 Å². The summed E-state index contributed by atoms with van der Waals surface area (Å²) in [6.07, 6.45) is 8.39. The molecule has 1 saturated heterocycles. The molecule has 86 valence electrons. The van der Waals surface area contributed by atoms with Gasteiger partial charge in [0.2, 0.25) is 5.91 Å². The van der Waals surface area contributed by atoms with E-state index in [1.807, 2.05) is 11.8 Å². The van der Waals surface area contributed by atoms with E-state index < -0.39 is 0 Å². The van der Waals surface area contributed by atoms with Gasteiger partial charge >= 0.3 is 0 Å². The van der Waals surface area contributed by atoms with Crippen molar-refractivity contribution in [1.29, 1.82) is 0 Å². The van der Waals surface area contributed by atoms with Gasteiger partial charge in [-0.3, -0.25) is 4.79 Å². The molecular weight excluding hydrogens is 218 g/mol. The Kier molecular flexibility index (Phi) is 2.58. The average molecular weight is 235 g/mol. The number of thioether (sulfide) groups is 1. The van der Waals surface area contributed by atoms with Crippen molar-refractivity contribution in [3.63, 3.8) is 0 Å². The number of nitrogens with two attached hydrogens (primary N) is 1. The van der Waals surface area contributed by atoms with Gasteiger partial charge < -0.3 is 5.73 Å². The van der Waals surface area contributed by atoms with Gasteiger partial charge in [-0.05, 0) is 55.3 Å². The van der Waals surface area contributed by atoms with E-state index in [-0.39, 0.29) is 5.91 Å². The standard InChI is InChI=1S/C13H17NOS/c14-13(15)11-10-4-2-1-3-8(10)7-9-5-6-16-12(9)11/h4,8-9H,1-3,5-7H2,(H2,14,15). The Morgan fingerprint density at radius 3 is 3.06 bits per heavy atom. The summed E-state index contributed by atoms with van der Waals surface area (Å²) in [6, 6.07) is 0. The summed E-state index contributed by atoms with van der Waals surface area (Å²) in [4.78, 5) is 13.0. The van der Waals surface area contributed by atoms with Crippen LogP contribution in [0, 0.1) is 11.8 Å². The predicted octanol–water partition coefficient (Wildman–Crippen LogP) is 2.61. The van der Waals surface area contributed by atoms with E-state index in [1.54, 1.807) is 0 Å². The Bertz CT molecular complexity index is 397. The van der Waals surface area contributed by atoms with Gasteiger partial charge in [0.1, 0.15) is 0 Å². The number of primary amides is 1. The summed E-state index contributed by atoms with van der Waals surface area (Å²) in [5.41, 5.74) is 7.75. The molecule has 3 aliphatic rings.